The number of nitrogens with zero attached hydrogens (tertiary/aromatic N) is 2. The largest absolute Gasteiger partial charge is 0.352 e. The molecule has 1 atom stereocenters. The molecule has 1 saturated carbocycles. The summed E-state index contributed by atoms with van der Waals surface area (Å²) in [4.78, 5) is 28.6. The lowest BCUT2D eigenvalue weighted by Gasteiger charge is -2.33. The van der Waals surface area contributed by atoms with Gasteiger partial charge in [0.2, 0.25) is 21.8 Å². The maximum atomic E-state index is 13.7. The molecule has 1 N–H and O–H groups in total. The van der Waals surface area contributed by atoms with Crippen LogP contribution in [0.1, 0.15) is 55.7 Å². The number of aryl methyl sites for hydroxylation is 2. The van der Waals surface area contributed by atoms with Crippen molar-refractivity contribution in [3.8, 4) is 0 Å². The van der Waals surface area contributed by atoms with Crippen LogP contribution in [0.25, 0.3) is 0 Å². The summed E-state index contributed by atoms with van der Waals surface area (Å²) >= 11 is 0. The molecule has 3 rings (SSSR count). The van der Waals surface area contributed by atoms with E-state index in [4.69, 9.17) is 0 Å². The number of anilines is 1. The lowest BCUT2D eigenvalue weighted by atomic mass is 10.1. The fourth-order valence-electron chi connectivity index (χ4n) is 4.58. The van der Waals surface area contributed by atoms with Crippen molar-refractivity contribution in [1.29, 1.82) is 0 Å². The molecule has 1 aliphatic rings. The topological polar surface area (TPSA) is 86.8 Å². The number of sulfonamides is 1. The molecule has 0 unspecified atom stereocenters. The Balaban J connectivity index is 1.92. The first kappa shape index (κ1) is 26.7. The maximum Gasteiger partial charge on any atom is 0.244 e. The summed E-state index contributed by atoms with van der Waals surface area (Å²) in [6.45, 7) is 5.62. The second-order valence-corrected chi connectivity index (χ2v) is 11.4. The van der Waals surface area contributed by atoms with E-state index in [1.807, 2.05) is 57.2 Å². The van der Waals surface area contributed by atoms with E-state index >= 15 is 0 Å². The molecular formula is C27H37N3O4S. The SMILES string of the molecule is CC[C@@H](C(=O)NC1CCCC1)N(Cc1ccccc1C)C(=O)CN(c1ccc(C)cc1)S(C)(=O)=O. The molecule has 0 heterocycles. The van der Waals surface area contributed by atoms with Crippen LogP contribution < -0.4 is 9.62 Å². The molecule has 1 aliphatic carbocycles. The summed E-state index contributed by atoms with van der Waals surface area (Å²) in [5.74, 6) is -0.588. The number of carbonyl (C=O) groups excluding carboxylic acids is 2. The molecule has 0 aliphatic heterocycles. The van der Waals surface area contributed by atoms with E-state index in [-0.39, 0.29) is 25.0 Å². The predicted molar refractivity (Wildman–Crippen MR) is 140 cm³/mol. The van der Waals surface area contributed by atoms with E-state index in [1.165, 1.54) is 0 Å². The quantitative estimate of drug-likeness (QED) is 0.537. The Morgan fingerprint density at radius 2 is 1.66 bits per heavy atom. The Labute approximate surface area is 209 Å². The Morgan fingerprint density at radius 1 is 1.03 bits per heavy atom. The fraction of sp³-hybridized carbons (Fsp3) is 0.481. The molecule has 0 spiro atoms. The number of rotatable bonds is 10. The van der Waals surface area contributed by atoms with Crippen LogP contribution in [0.2, 0.25) is 0 Å². The predicted octanol–water partition coefficient (Wildman–Crippen LogP) is 3.94. The highest BCUT2D eigenvalue weighted by Crippen LogP contribution is 2.22. The fourth-order valence-corrected chi connectivity index (χ4v) is 5.43. The molecule has 2 aromatic carbocycles. The number of hydrogen-bond acceptors (Lipinski definition) is 4. The second kappa shape index (κ2) is 11.7. The van der Waals surface area contributed by atoms with Crippen molar-refractivity contribution in [2.45, 2.75) is 71.5 Å². The highest BCUT2D eigenvalue weighted by molar-refractivity contribution is 7.92. The minimum Gasteiger partial charge on any atom is -0.352 e. The van der Waals surface area contributed by atoms with E-state index in [2.05, 4.69) is 5.32 Å². The number of hydrogen-bond donors (Lipinski definition) is 1. The normalized spacial score (nSPS) is 15.0. The van der Waals surface area contributed by atoms with Crippen LogP contribution in [0.3, 0.4) is 0 Å². The Kier molecular flexibility index (Phi) is 8.94. The first-order valence-corrected chi connectivity index (χ1v) is 14.1. The zero-order chi connectivity index (χ0) is 25.6. The summed E-state index contributed by atoms with van der Waals surface area (Å²) in [7, 11) is -3.73. The van der Waals surface area contributed by atoms with Crippen LogP contribution in [0.4, 0.5) is 5.69 Å². The van der Waals surface area contributed by atoms with Crippen molar-refractivity contribution >= 4 is 27.5 Å². The van der Waals surface area contributed by atoms with Gasteiger partial charge in [-0.25, -0.2) is 8.42 Å². The lowest BCUT2D eigenvalue weighted by Crippen LogP contribution is -2.53. The van der Waals surface area contributed by atoms with Gasteiger partial charge in [0.25, 0.3) is 0 Å². The van der Waals surface area contributed by atoms with Gasteiger partial charge in [-0.3, -0.25) is 13.9 Å². The molecule has 0 aromatic heterocycles. The second-order valence-electron chi connectivity index (χ2n) is 9.47. The van der Waals surface area contributed by atoms with Crippen molar-refractivity contribution in [3.63, 3.8) is 0 Å². The molecule has 190 valence electrons. The van der Waals surface area contributed by atoms with Gasteiger partial charge in [-0.2, -0.15) is 0 Å². The van der Waals surface area contributed by atoms with Crippen LogP contribution in [-0.4, -0.2) is 50.0 Å². The molecule has 2 aromatic rings. The third kappa shape index (κ3) is 7.07. The molecular weight excluding hydrogens is 462 g/mol. The van der Waals surface area contributed by atoms with Gasteiger partial charge < -0.3 is 10.2 Å². The minimum absolute atomic E-state index is 0.132. The van der Waals surface area contributed by atoms with Gasteiger partial charge in [0.05, 0.1) is 11.9 Å². The van der Waals surface area contributed by atoms with Gasteiger partial charge in [-0.05, 0) is 56.4 Å². The third-order valence-corrected chi connectivity index (χ3v) is 7.83. The van der Waals surface area contributed by atoms with Gasteiger partial charge in [0.1, 0.15) is 12.6 Å². The molecule has 8 heteroatoms. The van der Waals surface area contributed by atoms with E-state index in [9.17, 15) is 18.0 Å². The van der Waals surface area contributed by atoms with Gasteiger partial charge in [-0.15, -0.1) is 0 Å². The minimum atomic E-state index is -3.73. The van der Waals surface area contributed by atoms with Crippen molar-refractivity contribution < 1.29 is 18.0 Å². The van der Waals surface area contributed by atoms with Gasteiger partial charge in [-0.1, -0.05) is 61.7 Å². The average Bonchev–Trinajstić information content (AvgIpc) is 3.31. The van der Waals surface area contributed by atoms with Crippen molar-refractivity contribution in [1.82, 2.24) is 10.2 Å². The molecule has 2 amide bonds. The number of carbonyl (C=O) groups is 2. The zero-order valence-electron chi connectivity index (χ0n) is 21.2. The zero-order valence-corrected chi connectivity index (χ0v) is 22.0. The van der Waals surface area contributed by atoms with E-state index in [0.717, 1.165) is 52.9 Å². The maximum absolute atomic E-state index is 13.7. The molecule has 1 fully saturated rings. The van der Waals surface area contributed by atoms with Gasteiger partial charge in [0.15, 0.2) is 0 Å². The standard InChI is InChI=1S/C27H37N3O4S/c1-5-25(27(32)28-23-12-8-9-13-23)29(18-22-11-7-6-10-21(22)3)26(31)19-30(35(4,33)34)24-16-14-20(2)15-17-24/h6-7,10-11,14-17,23,25H,5,8-9,12-13,18-19H2,1-4H3,(H,28,32)/t25-/m0/s1. The molecule has 0 bridgehead atoms. The van der Waals surface area contributed by atoms with Crippen LogP contribution in [0.5, 0.6) is 0 Å². The highest BCUT2D eigenvalue weighted by atomic mass is 32.2. The van der Waals surface area contributed by atoms with E-state index in [1.54, 1.807) is 17.0 Å². The van der Waals surface area contributed by atoms with Crippen LogP contribution in [0.15, 0.2) is 48.5 Å². The molecule has 0 radical (unpaired) electrons. The number of benzene rings is 2. The van der Waals surface area contributed by atoms with Crippen molar-refractivity contribution in [3.05, 3.63) is 65.2 Å². The van der Waals surface area contributed by atoms with Crippen LogP contribution in [-0.2, 0) is 26.2 Å². The molecule has 7 nitrogen and oxygen atoms in total. The number of nitrogens with one attached hydrogen (secondary N) is 1. The van der Waals surface area contributed by atoms with Crippen LogP contribution in [0, 0.1) is 13.8 Å². The Morgan fingerprint density at radius 3 is 2.23 bits per heavy atom. The van der Waals surface area contributed by atoms with Crippen molar-refractivity contribution in [2.24, 2.45) is 0 Å². The van der Waals surface area contributed by atoms with Crippen LogP contribution >= 0.6 is 0 Å². The number of amides is 2. The Hall–Kier alpha value is -2.87. The monoisotopic (exact) mass is 499 g/mol. The Bertz CT molecular complexity index is 1130. The van der Waals surface area contributed by atoms with Gasteiger partial charge in [0, 0.05) is 12.6 Å². The van der Waals surface area contributed by atoms with Gasteiger partial charge >= 0.3 is 0 Å². The van der Waals surface area contributed by atoms with E-state index < -0.39 is 22.0 Å². The summed E-state index contributed by atoms with van der Waals surface area (Å²) in [6, 6.07) is 14.2. The summed E-state index contributed by atoms with van der Waals surface area (Å²) in [5, 5.41) is 3.12. The lowest BCUT2D eigenvalue weighted by molar-refractivity contribution is -0.140. The first-order valence-electron chi connectivity index (χ1n) is 12.3. The highest BCUT2D eigenvalue weighted by Gasteiger charge is 2.33. The molecule has 0 saturated heterocycles. The third-order valence-electron chi connectivity index (χ3n) is 6.69. The summed E-state index contributed by atoms with van der Waals surface area (Å²) < 4.78 is 26.4. The smallest absolute Gasteiger partial charge is 0.244 e. The average molecular weight is 500 g/mol. The summed E-state index contributed by atoms with van der Waals surface area (Å²) in [6.07, 6.45) is 5.60. The van der Waals surface area contributed by atoms with Crippen molar-refractivity contribution in [2.75, 3.05) is 17.1 Å². The van der Waals surface area contributed by atoms with E-state index in [0.29, 0.717) is 12.1 Å². The first-order chi connectivity index (χ1) is 16.6. The summed E-state index contributed by atoms with van der Waals surface area (Å²) in [5.41, 5.74) is 3.35. The molecule has 35 heavy (non-hydrogen) atoms.